The summed E-state index contributed by atoms with van der Waals surface area (Å²) in [5.74, 6) is 0.124. The van der Waals surface area contributed by atoms with Gasteiger partial charge < -0.3 is 9.47 Å². The lowest BCUT2D eigenvalue weighted by molar-refractivity contribution is -0.138. The van der Waals surface area contributed by atoms with Crippen molar-refractivity contribution in [1.82, 2.24) is 33.8 Å². The zero-order chi connectivity index (χ0) is 32.2. The number of hydrogen-bond acceptors (Lipinski definition) is 5. The predicted molar refractivity (Wildman–Crippen MR) is 168 cm³/mol. The molecule has 0 fully saturated rings. The number of carbonyl (C=O) groups is 1. The average Bonchev–Trinajstić information content (AvgIpc) is 3.67. The highest BCUT2D eigenvalue weighted by atomic mass is 79.9. The van der Waals surface area contributed by atoms with Crippen molar-refractivity contribution in [2.24, 2.45) is 7.05 Å². The average molecular weight is 689 g/mol. The van der Waals surface area contributed by atoms with Crippen molar-refractivity contribution in [1.29, 1.82) is 0 Å². The fraction of sp³-hybridized carbons (Fsp3) is 0.182. The number of benzene rings is 3. The number of fused-ring (bicyclic) bond motifs is 3. The van der Waals surface area contributed by atoms with E-state index >= 15 is 0 Å². The molecule has 13 heteroatoms. The Balaban J connectivity index is 1.33. The third kappa shape index (κ3) is 5.19. The number of hydrogen-bond donors (Lipinski definition) is 0. The molecule has 3 aromatic heterocycles. The Hall–Kier alpha value is -5.04. The van der Waals surface area contributed by atoms with E-state index in [9.17, 15) is 22.8 Å². The van der Waals surface area contributed by atoms with Crippen LogP contribution >= 0.6 is 15.9 Å². The van der Waals surface area contributed by atoms with Crippen LogP contribution in [-0.4, -0.2) is 46.3 Å². The van der Waals surface area contributed by atoms with E-state index in [0.717, 1.165) is 22.8 Å². The summed E-state index contributed by atoms with van der Waals surface area (Å²) in [5, 5.41) is 12.8. The van der Waals surface area contributed by atoms with Crippen LogP contribution in [0.2, 0.25) is 0 Å². The van der Waals surface area contributed by atoms with Crippen molar-refractivity contribution in [3.8, 4) is 17.1 Å². The molecule has 0 spiro atoms. The minimum atomic E-state index is -4.63. The Morgan fingerprint density at radius 1 is 1.02 bits per heavy atom. The zero-order valence-electron chi connectivity index (χ0n) is 24.4. The van der Waals surface area contributed by atoms with E-state index in [4.69, 9.17) is 5.10 Å². The summed E-state index contributed by atoms with van der Waals surface area (Å²) >= 11 is 2.94. The first-order chi connectivity index (χ1) is 22.1. The fourth-order valence-corrected chi connectivity index (χ4v) is 6.40. The molecule has 0 saturated carbocycles. The molecule has 9 nitrogen and oxygen atoms in total. The molecule has 7 rings (SSSR count). The number of halogens is 4. The highest BCUT2D eigenvalue weighted by Gasteiger charge is 2.35. The first-order valence-corrected chi connectivity index (χ1v) is 15.2. The minimum Gasteiger partial charge on any atom is -0.332 e. The molecular weight excluding hydrogens is 663 g/mol. The Labute approximate surface area is 268 Å². The van der Waals surface area contributed by atoms with Crippen LogP contribution in [-0.2, 0) is 32.6 Å². The van der Waals surface area contributed by atoms with Gasteiger partial charge in [0.15, 0.2) is 5.82 Å². The Kier molecular flexibility index (Phi) is 7.35. The fourth-order valence-electron chi connectivity index (χ4n) is 5.93. The summed E-state index contributed by atoms with van der Waals surface area (Å²) in [6.45, 7) is 0.170. The highest BCUT2D eigenvalue weighted by Crippen LogP contribution is 2.36. The summed E-state index contributed by atoms with van der Waals surface area (Å²) in [7, 11) is 1.85. The molecule has 0 radical (unpaired) electrons. The SMILES string of the molecule is Cn1cnnc1-c1ccc(-n2c(=O)c3c(n4ncc(Cc5ccccc5)c24)CN(C(=O)c2ccc(Br)c(C(F)(F)F)c2)CC3)cc1. The van der Waals surface area contributed by atoms with E-state index in [-0.39, 0.29) is 35.1 Å². The van der Waals surface area contributed by atoms with E-state index in [1.165, 1.54) is 17.0 Å². The van der Waals surface area contributed by atoms with Crippen molar-refractivity contribution in [3.05, 3.63) is 134 Å². The second-order valence-corrected chi connectivity index (χ2v) is 12.0. The molecule has 46 heavy (non-hydrogen) atoms. The molecule has 232 valence electrons. The Morgan fingerprint density at radius 3 is 2.48 bits per heavy atom. The van der Waals surface area contributed by atoms with Gasteiger partial charge in [-0.1, -0.05) is 46.3 Å². The van der Waals surface area contributed by atoms with Gasteiger partial charge >= 0.3 is 6.18 Å². The number of carbonyl (C=O) groups excluding carboxylic acids is 1. The second-order valence-electron chi connectivity index (χ2n) is 11.1. The number of aromatic nitrogens is 6. The maximum atomic E-state index is 14.3. The minimum absolute atomic E-state index is 0.00964. The molecule has 0 bridgehead atoms. The maximum Gasteiger partial charge on any atom is 0.417 e. The largest absolute Gasteiger partial charge is 0.417 e. The van der Waals surface area contributed by atoms with Crippen LogP contribution < -0.4 is 5.56 Å². The molecule has 1 amide bonds. The molecule has 6 aromatic rings. The topological polar surface area (TPSA) is 90.3 Å². The van der Waals surface area contributed by atoms with Gasteiger partial charge in [-0.3, -0.25) is 14.2 Å². The lowest BCUT2D eigenvalue weighted by Gasteiger charge is -2.30. The van der Waals surface area contributed by atoms with E-state index in [1.807, 2.05) is 61.6 Å². The standard InChI is InChI=1S/C33H25BrF3N7O2/c1-41-19-38-40-29(41)21-7-10-24(11-8-21)43-30-23(15-20-5-3-2-4-6-20)17-39-44(30)28-18-42(14-13-25(28)32(43)46)31(45)22-9-12-27(34)26(16-22)33(35,36)37/h2-12,16-17,19H,13-15,18H2,1H3. The first-order valence-electron chi connectivity index (χ1n) is 14.4. The monoisotopic (exact) mass is 687 g/mol. The molecule has 0 atom stereocenters. The van der Waals surface area contributed by atoms with Crippen molar-refractivity contribution in [3.63, 3.8) is 0 Å². The Morgan fingerprint density at radius 2 is 1.78 bits per heavy atom. The van der Waals surface area contributed by atoms with Gasteiger partial charge in [0, 0.05) is 46.7 Å². The van der Waals surface area contributed by atoms with Crippen molar-refractivity contribution in [2.45, 2.75) is 25.6 Å². The van der Waals surface area contributed by atoms with Gasteiger partial charge in [-0.2, -0.15) is 18.3 Å². The van der Waals surface area contributed by atoms with Crippen LogP contribution in [0.4, 0.5) is 13.2 Å². The number of aryl methyl sites for hydroxylation is 1. The van der Waals surface area contributed by atoms with Gasteiger partial charge in [0.25, 0.3) is 11.5 Å². The van der Waals surface area contributed by atoms with Gasteiger partial charge in [-0.25, -0.2) is 4.52 Å². The Bertz CT molecular complexity index is 2170. The van der Waals surface area contributed by atoms with Crippen LogP contribution in [0.5, 0.6) is 0 Å². The summed E-state index contributed by atoms with van der Waals surface area (Å²) in [6, 6.07) is 20.7. The smallest absolute Gasteiger partial charge is 0.332 e. The van der Waals surface area contributed by atoms with E-state index in [2.05, 4.69) is 26.1 Å². The predicted octanol–water partition coefficient (Wildman–Crippen LogP) is 5.85. The van der Waals surface area contributed by atoms with Gasteiger partial charge in [-0.05, 0) is 54.4 Å². The molecule has 0 aliphatic carbocycles. The molecule has 3 aromatic carbocycles. The van der Waals surface area contributed by atoms with Crippen LogP contribution in [0.1, 0.15) is 38.3 Å². The van der Waals surface area contributed by atoms with Crippen molar-refractivity contribution < 1.29 is 18.0 Å². The number of amides is 1. The number of alkyl halides is 3. The number of rotatable bonds is 5. The maximum absolute atomic E-state index is 14.3. The van der Waals surface area contributed by atoms with E-state index < -0.39 is 17.6 Å². The number of nitrogens with zero attached hydrogens (tertiary/aromatic N) is 7. The first kappa shape index (κ1) is 29.7. The van der Waals surface area contributed by atoms with Crippen LogP contribution in [0.15, 0.2) is 94.6 Å². The summed E-state index contributed by atoms with van der Waals surface area (Å²) in [5.41, 5.74) is 3.62. The van der Waals surface area contributed by atoms with Crippen LogP contribution in [0.3, 0.4) is 0 Å². The van der Waals surface area contributed by atoms with E-state index in [0.29, 0.717) is 34.8 Å². The normalized spacial score (nSPS) is 13.3. The van der Waals surface area contributed by atoms with Crippen LogP contribution in [0.25, 0.3) is 22.7 Å². The molecule has 4 heterocycles. The third-order valence-electron chi connectivity index (χ3n) is 8.20. The molecule has 0 unspecified atom stereocenters. The lowest BCUT2D eigenvalue weighted by atomic mass is 10.0. The molecule has 0 N–H and O–H groups in total. The molecular formula is C33H25BrF3N7O2. The molecule has 1 aliphatic heterocycles. The van der Waals surface area contributed by atoms with E-state index in [1.54, 1.807) is 26.2 Å². The lowest BCUT2D eigenvalue weighted by Crippen LogP contribution is -2.41. The molecule has 0 saturated heterocycles. The van der Waals surface area contributed by atoms with Gasteiger partial charge in [0.1, 0.15) is 12.0 Å². The summed E-state index contributed by atoms with van der Waals surface area (Å²) in [6.07, 6.45) is -0.581. The van der Waals surface area contributed by atoms with Crippen molar-refractivity contribution in [2.75, 3.05) is 6.54 Å². The van der Waals surface area contributed by atoms with Gasteiger partial charge in [0.05, 0.1) is 29.7 Å². The van der Waals surface area contributed by atoms with Crippen LogP contribution in [0, 0.1) is 0 Å². The second kappa shape index (κ2) is 11.4. The molecule has 1 aliphatic rings. The summed E-state index contributed by atoms with van der Waals surface area (Å²) in [4.78, 5) is 29.3. The van der Waals surface area contributed by atoms with Crippen molar-refractivity contribution >= 4 is 27.5 Å². The van der Waals surface area contributed by atoms with Gasteiger partial charge in [-0.15, -0.1) is 10.2 Å². The quantitative estimate of drug-likeness (QED) is 0.227. The van der Waals surface area contributed by atoms with Gasteiger partial charge in [0.2, 0.25) is 0 Å². The third-order valence-corrected chi connectivity index (χ3v) is 8.90. The highest BCUT2D eigenvalue weighted by molar-refractivity contribution is 9.10. The summed E-state index contributed by atoms with van der Waals surface area (Å²) < 4.78 is 45.8. The zero-order valence-corrected chi connectivity index (χ0v) is 26.0.